The van der Waals surface area contributed by atoms with Gasteiger partial charge in [0.05, 0.1) is 33.0 Å². The number of aliphatic carboxylic acids is 1. The maximum absolute atomic E-state index is 12.8. The van der Waals surface area contributed by atoms with Crippen LogP contribution in [0.2, 0.25) is 19.6 Å². The summed E-state index contributed by atoms with van der Waals surface area (Å²) in [6.07, 6.45) is 6.34. The number of carboxylic acid groups (broad SMARTS) is 1. The molecule has 11 heteroatoms. The maximum atomic E-state index is 12.8. The van der Waals surface area contributed by atoms with E-state index in [-0.39, 0.29) is 24.9 Å². The molecular formula is C28H43O9PSi. The summed E-state index contributed by atoms with van der Waals surface area (Å²) in [4.78, 5) is 24.7. The first-order chi connectivity index (χ1) is 18.2. The van der Waals surface area contributed by atoms with Gasteiger partial charge >= 0.3 is 19.5 Å². The smallest absolute Gasteiger partial charge is 0.342 e. The molecule has 2 unspecified atom stereocenters. The number of rotatable bonds is 15. The van der Waals surface area contributed by atoms with Gasteiger partial charge in [0.15, 0.2) is 0 Å². The van der Waals surface area contributed by atoms with Crippen LogP contribution in [0.5, 0.6) is 11.5 Å². The number of carbonyl (C=O) groups excluding carboxylic acids is 1. The van der Waals surface area contributed by atoms with E-state index >= 15 is 0 Å². The molecule has 1 aliphatic rings. The van der Waals surface area contributed by atoms with Crippen molar-refractivity contribution in [2.45, 2.75) is 72.0 Å². The van der Waals surface area contributed by atoms with Crippen LogP contribution in [0, 0.1) is 12.8 Å². The Morgan fingerprint density at radius 2 is 1.79 bits per heavy atom. The number of carbonyl (C=O) groups is 2. The van der Waals surface area contributed by atoms with Gasteiger partial charge in [0, 0.05) is 25.3 Å². The molecule has 1 heterocycles. The van der Waals surface area contributed by atoms with Crippen molar-refractivity contribution in [1.29, 1.82) is 0 Å². The Labute approximate surface area is 233 Å². The van der Waals surface area contributed by atoms with Crippen molar-refractivity contribution in [3.05, 3.63) is 46.1 Å². The van der Waals surface area contributed by atoms with Gasteiger partial charge in [0.25, 0.3) is 0 Å². The molecular weight excluding hydrogens is 539 g/mol. The third-order valence-electron chi connectivity index (χ3n) is 7.19. The first-order valence-corrected chi connectivity index (χ1v) is 18.3. The lowest BCUT2D eigenvalue weighted by Gasteiger charge is -2.29. The number of ether oxygens (including phenoxy) is 3. The van der Waals surface area contributed by atoms with Crippen molar-refractivity contribution < 1.29 is 42.5 Å². The van der Waals surface area contributed by atoms with Crippen LogP contribution >= 0.6 is 7.60 Å². The van der Waals surface area contributed by atoms with Crippen LogP contribution < -0.4 is 9.47 Å². The van der Waals surface area contributed by atoms with Crippen LogP contribution in [0.15, 0.2) is 23.8 Å². The number of hydrogen-bond donors (Lipinski definition) is 1. The molecule has 2 atom stereocenters. The van der Waals surface area contributed by atoms with E-state index in [0.29, 0.717) is 29.9 Å². The first-order valence-electron chi connectivity index (χ1n) is 13.0. The fourth-order valence-electron chi connectivity index (χ4n) is 4.20. The second kappa shape index (κ2) is 13.8. The Balaban J connectivity index is 2.35. The van der Waals surface area contributed by atoms with Gasteiger partial charge in [-0.25, -0.2) is 4.79 Å². The number of benzene rings is 1. The summed E-state index contributed by atoms with van der Waals surface area (Å²) in [7, 11) is -0.672. The average Bonchev–Trinajstić information content (AvgIpc) is 3.27. The lowest BCUT2D eigenvalue weighted by Crippen LogP contribution is -2.40. The summed E-state index contributed by atoms with van der Waals surface area (Å²) in [5, 5.41) is 9.78. The van der Waals surface area contributed by atoms with Crippen LogP contribution in [-0.4, -0.2) is 58.3 Å². The molecule has 1 N–H and O–H groups in total. The summed E-state index contributed by atoms with van der Waals surface area (Å²) < 4.78 is 39.6. The lowest BCUT2D eigenvalue weighted by molar-refractivity contribution is -0.141. The highest BCUT2D eigenvalue weighted by Gasteiger charge is 2.35. The quantitative estimate of drug-likeness (QED) is 0.110. The van der Waals surface area contributed by atoms with Crippen LogP contribution in [-0.2, 0) is 36.2 Å². The van der Waals surface area contributed by atoms with Gasteiger partial charge in [0.1, 0.15) is 23.7 Å². The highest BCUT2D eigenvalue weighted by Crippen LogP contribution is 2.46. The third-order valence-corrected chi connectivity index (χ3v) is 11.5. The van der Waals surface area contributed by atoms with E-state index in [4.69, 9.17) is 23.3 Å². The van der Waals surface area contributed by atoms with Gasteiger partial charge in [-0.15, -0.1) is 0 Å². The zero-order valence-corrected chi connectivity index (χ0v) is 26.5. The number of cyclic esters (lactones) is 1. The SMILES string of the molecule is COc1c(C)c2c(c(OC(C)[Si](C)(C)C)c1C/C=C(\C)CC(C/C=C/CP(=O)(OC)OC)C(=O)O)C(=O)OC2. The van der Waals surface area contributed by atoms with E-state index in [0.717, 1.165) is 22.3 Å². The molecule has 2 rings (SSSR count). The van der Waals surface area contributed by atoms with Crippen LogP contribution in [0.4, 0.5) is 0 Å². The van der Waals surface area contributed by atoms with Gasteiger partial charge in [-0.1, -0.05) is 43.4 Å². The highest BCUT2D eigenvalue weighted by molar-refractivity contribution is 7.54. The van der Waals surface area contributed by atoms with Crippen molar-refractivity contribution >= 4 is 27.6 Å². The lowest BCUT2D eigenvalue weighted by atomic mass is 9.93. The number of methoxy groups -OCH3 is 1. The maximum Gasteiger partial charge on any atom is 0.342 e. The summed E-state index contributed by atoms with van der Waals surface area (Å²) in [5.41, 5.74) is 3.63. The van der Waals surface area contributed by atoms with Gasteiger partial charge in [-0.05, 0) is 45.6 Å². The fraction of sp³-hybridized carbons (Fsp3) is 0.571. The van der Waals surface area contributed by atoms with Crippen LogP contribution in [0.25, 0.3) is 0 Å². The van der Waals surface area contributed by atoms with Crippen molar-refractivity contribution in [1.82, 2.24) is 0 Å². The second-order valence-electron chi connectivity index (χ2n) is 10.9. The molecule has 9 nitrogen and oxygen atoms in total. The predicted molar refractivity (Wildman–Crippen MR) is 154 cm³/mol. The van der Waals surface area contributed by atoms with Gasteiger partial charge in [-0.3, -0.25) is 9.36 Å². The number of allylic oxidation sites excluding steroid dienone is 4. The van der Waals surface area contributed by atoms with E-state index in [2.05, 4.69) is 19.6 Å². The summed E-state index contributed by atoms with van der Waals surface area (Å²) in [5.74, 6) is -0.849. The molecule has 0 bridgehead atoms. The van der Waals surface area contributed by atoms with Crippen LogP contribution in [0.3, 0.4) is 0 Å². The molecule has 1 aromatic carbocycles. The number of fused-ring (bicyclic) bond motifs is 1. The molecule has 1 aliphatic heterocycles. The number of esters is 1. The van der Waals surface area contributed by atoms with E-state index in [9.17, 15) is 19.3 Å². The van der Waals surface area contributed by atoms with Gasteiger partial charge in [0.2, 0.25) is 0 Å². The summed E-state index contributed by atoms with van der Waals surface area (Å²) in [6, 6.07) is 0. The molecule has 0 radical (unpaired) electrons. The van der Waals surface area contributed by atoms with Gasteiger partial charge < -0.3 is 28.4 Å². The molecule has 0 fully saturated rings. The van der Waals surface area contributed by atoms with Crippen molar-refractivity contribution in [3.8, 4) is 11.5 Å². The molecule has 0 amide bonds. The van der Waals surface area contributed by atoms with E-state index in [1.54, 1.807) is 19.3 Å². The van der Waals surface area contributed by atoms with Crippen molar-refractivity contribution in [2.24, 2.45) is 5.92 Å². The first kappa shape index (κ1) is 32.8. The Kier molecular flexibility index (Phi) is 11.6. The Morgan fingerprint density at radius 1 is 1.15 bits per heavy atom. The minimum absolute atomic E-state index is 0.0686. The van der Waals surface area contributed by atoms with Crippen molar-refractivity contribution in [2.75, 3.05) is 27.5 Å². The Bertz CT molecular complexity index is 1160. The zero-order chi connectivity index (χ0) is 29.5. The number of carboxylic acids is 1. The molecule has 0 aliphatic carbocycles. The molecule has 0 aromatic heterocycles. The van der Waals surface area contributed by atoms with Crippen molar-refractivity contribution in [3.63, 3.8) is 0 Å². The summed E-state index contributed by atoms with van der Waals surface area (Å²) >= 11 is 0. The summed E-state index contributed by atoms with van der Waals surface area (Å²) in [6.45, 7) is 12.6. The van der Waals surface area contributed by atoms with E-state index in [1.165, 1.54) is 14.2 Å². The molecule has 0 saturated heterocycles. The largest absolute Gasteiger partial charge is 0.496 e. The second-order valence-corrected chi connectivity index (χ2v) is 18.7. The molecule has 0 saturated carbocycles. The third kappa shape index (κ3) is 8.30. The molecule has 39 heavy (non-hydrogen) atoms. The van der Waals surface area contributed by atoms with E-state index in [1.807, 2.05) is 26.8 Å². The standard InChI is InChI=1S/C28H43O9PSi/c1-18(16-21(27(29)30)12-10-11-15-38(32,34-5)35-6)13-14-22-25(33-4)19(2)23-17-36-28(31)24(23)26(22)37-20(3)39(7,8)9/h10-11,13,20-21H,12,14-17H2,1-9H3,(H,29,30)/b11-10+,18-13+. The normalized spacial score (nSPS) is 15.7. The minimum Gasteiger partial charge on any atom is -0.496 e. The Hall–Kier alpha value is -2.39. The fourth-order valence-corrected chi connectivity index (χ4v) is 5.53. The average molecular weight is 583 g/mol. The number of hydrogen-bond acceptors (Lipinski definition) is 8. The van der Waals surface area contributed by atoms with Crippen LogP contribution in [0.1, 0.15) is 53.7 Å². The van der Waals surface area contributed by atoms with E-state index < -0.39 is 33.5 Å². The zero-order valence-electron chi connectivity index (χ0n) is 24.6. The predicted octanol–water partition coefficient (Wildman–Crippen LogP) is 6.33. The highest BCUT2D eigenvalue weighted by atomic mass is 31.2. The topological polar surface area (TPSA) is 118 Å². The monoisotopic (exact) mass is 582 g/mol. The van der Waals surface area contributed by atoms with Gasteiger partial charge in [-0.2, -0.15) is 0 Å². The molecule has 0 spiro atoms. The molecule has 1 aromatic rings. The minimum atomic E-state index is -3.18. The molecule has 218 valence electrons. The Morgan fingerprint density at radius 3 is 2.33 bits per heavy atom.